The van der Waals surface area contributed by atoms with E-state index in [1.54, 1.807) is 33.2 Å². The maximum Gasteiger partial charge on any atom is 0.257 e. The summed E-state index contributed by atoms with van der Waals surface area (Å²) < 4.78 is 5.25. The van der Waals surface area contributed by atoms with Crippen LogP contribution in [0.2, 0.25) is 0 Å². The molecule has 2 aromatic carbocycles. The number of carbonyl (C=O) groups is 1. The predicted molar refractivity (Wildman–Crippen MR) is 109 cm³/mol. The number of benzene rings is 1. The van der Waals surface area contributed by atoms with E-state index in [2.05, 4.69) is 15.8 Å². The van der Waals surface area contributed by atoms with E-state index in [1.165, 1.54) is 17.0 Å². The maximum absolute atomic E-state index is 12.2. The summed E-state index contributed by atoms with van der Waals surface area (Å²) in [7, 11) is 3.13. The van der Waals surface area contributed by atoms with Gasteiger partial charge in [-0.15, -0.1) is 0 Å². The molecule has 1 heterocycles. The highest BCUT2D eigenvalue weighted by Crippen LogP contribution is 2.33. The Morgan fingerprint density at radius 1 is 1.24 bits per heavy atom. The molecule has 0 spiro atoms. The molecule has 0 aliphatic rings. The third kappa shape index (κ3) is 3.71. The third-order valence-electron chi connectivity index (χ3n) is 4.56. The van der Waals surface area contributed by atoms with Gasteiger partial charge in [0, 0.05) is 20.2 Å². The van der Waals surface area contributed by atoms with Crippen molar-refractivity contribution in [3.63, 3.8) is 0 Å². The average Bonchev–Trinajstić information content (AvgIpc) is 3.13. The van der Waals surface area contributed by atoms with Gasteiger partial charge in [-0.1, -0.05) is 18.1 Å². The van der Waals surface area contributed by atoms with Crippen LogP contribution in [0.1, 0.15) is 41.2 Å². The van der Waals surface area contributed by atoms with Gasteiger partial charge in [0.15, 0.2) is 11.5 Å². The average molecular weight is 398 g/mol. The minimum atomic E-state index is -0.708. The van der Waals surface area contributed by atoms with Gasteiger partial charge >= 0.3 is 0 Å². The molecule has 0 unspecified atom stereocenters. The summed E-state index contributed by atoms with van der Waals surface area (Å²) in [5.41, 5.74) is -0.319. The molecule has 0 bridgehead atoms. The molecule has 3 rings (SSSR count). The number of hydrogen-bond donors (Lipinski definition) is 3. The van der Waals surface area contributed by atoms with Crippen LogP contribution >= 0.6 is 0 Å². The highest BCUT2D eigenvalue weighted by molar-refractivity contribution is 5.99. The van der Waals surface area contributed by atoms with E-state index in [0.29, 0.717) is 17.9 Å². The van der Waals surface area contributed by atoms with Crippen molar-refractivity contribution >= 4 is 23.0 Å². The van der Waals surface area contributed by atoms with Crippen molar-refractivity contribution in [1.29, 1.82) is 0 Å². The van der Waals surface area contributed by atoms with E-state index in [0.717, 1.165) is 0 Å². The molecular formula is C20H22N4O5. The molecule has 1 atom stereocenters. The van der Waals surface area contributed by atoms with Crippen LogP contribution in [0.25, 0.3) is 0 Å². The summed E-state index contributed by atoms with van der Waals surface area (Å²) >= 11 is 0. The first-order valence-corrected chi connectivity index (χ1v) is 9.08. The van der Waals surface area contributed by atoms with Gasteiger partial charge in [0.05, 0.1) is 23.0 Å². The van der Waals surface area contributed by atoms with Crippen molar-refractivity contribution in [2.45, 2.75) is 26.3 Å². The third-order valence-corrected chi connectivity index (χ3v) is 4.56. The molecule has 0 saturated heterocycles. The zero-order valence-corrected chi connectivity index (χ0v) is 16.6. The number of carbonyl (C=O) groups excluding carboxylic acids is 1. The number of nitrogens with one attached hydrogen (secondary N) is 2. The summed E-state index contributed by atoms with van der Waals surface area (Å²) in [4.78, 5) is 37.8. The van der Waals surface area contributed by atoms with Gasteiger partial charge in [-0.05, 0) is 25.5 Å². The Balaban J connectivity index is 1.90. The van der Waals surface area contributed by atoms with E-state index < -0.39 is 10.9 Å². The van der Waals surface area contributed by atoms with Crippen LogP contribution in [-0.2, 0) is 0 Å². The number of nitrogens with zero attached hydrogens (tertiary/aromatic N) is 2. The first-order valence-electron chi connectivity index (χ1n) is 9.08. The molecule has 0 radical (unpaired) electrons. The van der Waals surface area contributed by atoms with Gasteiger partial charge in [0.25, 0.3) is 16.8 Å². The van der Waals surface area contributed by atoms with Crippen LogP contribution in [0, 0.1) is 6.92 Å². The van der Waals surface area contributed by atoms with E-state index >= 15 is 0 Å². The van der Waals surface area contributed by atoms with Gasteiger partial charge in [0.1, 0.15) is 11.4 Å². The van der Waals surface area contributed by atoms with Crippen molar-refractivity contribution in [2.75, 3.05) is 24.7 Å². The fourth-order valence-corrected chi connectivity index (χ4v) is 2.94. The van der Waals surface area contributed by atoms with Gasteiger partial charge in [0.2, 0.25) is 0 Å². The number of phenolic OH excluding ortho intramolecular Hbond substituents is 1. The molecular weight excluding hydrogens is 376 g/mol. The lowest BCUT2D eigenvalue weighted by atomic mass is 10.1. The molecule has 0 aliphatic carbocycles. The summed E-state index contributed by atoms with van der Waals surface area (Å²) in [6.45, 7) is 3.69. The molecule has 0 saturated carbocycles. The second kappa shape index (κ2) is 7.78. The molecule has 3 aromatic rings. The summed E-state index contributed by atoms with van der Waals surface area (Å²) in [6.07, 6.45) is 0.588. The molecule has 1 aromatic heterocycles. The fourth-order valence-electron chi connectivity index (χ4n) is 2.94. The van der Waals surface area contributed by atoms with E-state index in [-0.39, 0.29) is 40.3 Å². The SMILES string of the molecule is CC[C@@H](Nc1c(Nc2cccc(C(=O)N(C)C)c2O)c(=O)c1=O)c1cc(C)no1. The Hall–Kier alpha value is -3.62. The molecule has 9 heteroatoms. The number of para-hydroxylation sites is 1. The van der Waals surface area contributed by atoms with Gasteiger partial charge < -0.3 is 25.2 Å². The summed E-state index contributed by atoms with van der Waals surface area (Å²) in [5.74, 6) is -0.144. The number of anilines is 3. The normalized spacial score (nSPS) is 12.0. The van der Waals surface area contributed by atoms with E-state index in [9.17, 15) is 19.5 Å². The lowest BCUT2D eigenvalue weighted by Gasteiger charge is -2.20. The Bertz CT molecular complexity index is 1120. The highest BCUT2D eigenvalue weighted by Gasteiger charge is 2.26. The fraction of sp³-hybridized carbons (Fsp3) is 0.300. The zero-order valence-electron chi connectivity index (χ0n) is 16.6. The lowest BCUT2D eigenvalue weighted by Crippen LogP contribution is -2.37. The number of aromatic hydroxyl groups is 1. The Labute approximate surface area is 166 Å². The minimum Gasteiger partial charge on any atom is -0.505 e. The molecule has 9 nitrogen and oxygen atoms in total. The number of aromatic nitrogens is 1. The van der Waals surface area contributed by atoms with Crippen LogP contribution in [0.3, 0.4) is 0 Å². The first kappa shape index (κ1) is 20.1. The zero-order chi connectivity index (χ0) is 21.3. The van der Waals surface area contributed by atoms with Crippen LogP contribution in [0.15, 0.2) is 38.4 Å². The predicted octanol–water partition coefficient (Wildman–Crippen LogP) is 2.29. The highest BCUT2D eigenvalue weighted by atomic mass is 16.5. The van der Waals surface area contributed by atoms with Crippen LogP contribution in [-0.4, -0.2) is 35.2 Å². The van der Waals surface area contributed by atoms with Crippen molar-refractivity contribution < 1.29 is 14.4 Å². The van der Waals surface area contributed by atoms with Gasteiger partial charge in [-0.3, -0.25) is 14.4 Å². The standard InChI is InChI=1S/C20H22N4O5/c1-5-12(14-9-10(2)23-29-14)21-15-16(19(27)18(15)26)22-13-8-6-7-11(17(13)25)20(28)24(3)4/h6-9,12,21-22,25H,5H2,1-4H3/t12-/m1/s1. The molecule has 29 heavy (non-hydrogen) atoms. The molecule has 152 valence electrons. The Morgan fingerprint density at radius 3 is 2.52 bits per heavy atom. The van der Waals surface area contributed by atoms with Crippen molar-refractivity contribution in [3.8, 4) is 5.75 Å². The van der Waals surface area contributed by atoms with Crippen molar-refractivity contribution in [2.24, 2.45) is 0 Å². The second-order valence-corrected chi connectivity index (χ2v) is 6.91. The quantitative estimate of drug-likeness (QED) is 0.409. The Morgan fingerprint density at radius 2 is 1.93 bits per heavy atom. The minimum absolute atomic E-state index is 0.0226. The number of amides is 1. The molecule has 0 fully saturated rings. The Kier molecular flexibility index (Phi) is 5.40. The van der Waals surface area contributed by atoms with E-state index in [1.807, 2.05) is 6.92 Å². The topological polar surface area (TPSA) is 125 Å². The first-order chi connectivity index (χ1) is 13.7. The number of hydrogen-bond acceptors (Lipinski definition) is 8. The van der Waals surface area contributed by atoms with Crippen LogP contribution in [0.5, 0.6) is 5.75 Å². The number of phenols is 1. The van der Waals surface area contributed by atoms with Gasteiger partial charge in [-0.2, -0.15) is 0 Å². The largest absolute Gasteiger partial charge is 0.505 e. The molecule has 0 aliphatic heterocycles. The summed E-state index contributed by atoms with van der Waals surface area (Å²) in [6, 6.07) is 5.96. The lowest BCUT2D eigenvalue weighted by molar-refractivity contribution is 0.0824. The monoisotopic (exact) mass is 398 g/mol. The molecule has 3 N–H and O–H groups in total. The van der Waals surface area contributed by atoms with E-state index in [4.69, 9.17) is 4.52 Å². The second-order valence-electron chi connectivity index (χ2n) is 6.91. The van der Waals surface area contributed by atoms with Crippen molar-refractivity contribution in [3.05, 3.63) is 61.7 Å². The molecule has 1 amide bonds. The van der Waals surface area contributed by atoms with Crippen LogP contribution in [0.4, 0.5) is 17.1 Å². The number of rotatable bonds is 7. The van der Waals surface area contributed by atoms with Gasteiger partial charge in [-0.25, -0.2) is 0 Å². The smallest absolute Gasteiger partial charge is 0.257 e. The van der Waals surface area contributed by atoms with Crippen LogP contribution < -0.4 is 21.5 Å². The summed E-state index contributed by atoms with van der Waals surface area (Å²) in [5, 5.41) is 20.1. The van der Waals surface area contributed by atoms with Crippen molar-refractivity contribution in [1.82, 2.24) is 10.1 Å². The maximum atomic E-state index is 12.2. The number of aryl methyl sites for hydroxylation is 1.